The Labute approximate surface area is 94.6 Å². The summed E-state index contributed by atoms with van der Waals surface area (Å²) in [7, 11) is 3.15. The van der Waals surface area contributed by atoms with Gasteiger partial charge in [0.2, 0.25) is 0 Å². The zero-order valence-electron chi connectivity index (χ0n) is 9.55. The van der Waals surface area contributed by atoms with Gasteiger partial charge in [-0.3, -0.25) is 4.79 Å². The highest BCUT2D eigenvalue weighted by Gasteiger charge is 2.05. The molecule has 1 rings (SSSR count). The van der Waals surface area contributed by atoms with E-state index in [4.69, 9.17) is 4.74 Å². The molecule has 0 saturated carbocycles. The minimum absolute atomic E-state index is 0.124. The molecular weight excluding hydrogens is 209 g/mol. The molecule has 0 saturated heterocycles. The molecule has 0 unspecified atom stereocenters. The number of hydrogen-bond acceptors (Lipinski definition) is 3. The summed E-state index contributed by atoms with van der Waals surface area (Å²) in [5.74, 6) is -0.0370. The van der Waals surface area contributed by atoms with E-state index in [2.05, 4.69) is 5.32 Å². The van der Waals surface area contributed by atoms with Crippen molar-refractivity contribution < 1.29 is 13.9 Å². The lowest BCUT2D eigenvalue weighted by molar-refractivity contribution is -0.118. The van der Waals surface area contributed by atoms with Gasteiger partial charge in [-0.25, -0.2) is 4.39 Å². The van der Waals surface area contributed by atoms with Crippen LogP contribution in [0.15, 0.2) is 18.2 Å². The van der Waals surface area contributed by atoms with Gasteiger partial charge >= 0.3 is 0 Å². The van der Waals surface area contributed by atoms with Crippen molar-refractivity contribution in [2.24, 2.45) is 0 Å². The molecule has 4 heteroatoms. The van der Waals surface area contributed by atoms with Crippen molar-refractivity contribution in [1.82, 2.24) is 5.32 Å². The average molecular weight is 225 g/mol. The monoisotopic (exact) mass is 225 g/mol. The van der Waals surface area contributed by atoms with E-state index < -0.39 is 0 Å². The first-order valence-electron chi connectivity index (χ1n) is 5.16. The summed E-state index contributed by atoms with van der Waals surface area (Å²) < 4.78 is 18.1. The third-order valence-corrected chi connectivity index (χ3v) is 2.28. The lowest BCUT2D eigenvalue weighted by Gasteiger charge is -2.04. The molecule has 0 bridgehead atoms. The van der Waals surface area contributed by atoms with Crippen LogP contribution in [0.4, 0.5) is 4.39 Å². The SMILES string of the molecule is CNCC(=O)CCc1ccc(OC)c(F)c1. The third kappa shape index (κ3) is 3.62. The van der Waals surface area contributed by atoms with Crippen molar-refractivity contribution in [3.63, 3.8) is 0 Å². The number of hydrogen-bond donors (Lipinski definition) is 1. The van der Waals surface area contributed by atoms with Gasteiger partial charge in [-0.1, -0.05) is 6.07 Å². The Hall–Kier alpha value is -1.42. The first kappa shape index (κ1) is 12.6. The fourth-order valence-corrected chi connectivity index (χ4v) is 1.43. The molecule has 0 aromatic heterocycles. The van der Waals surface area contributed by atoms with Crippen molar-refractivity contribution in [1.29, 1.82) is 0 Å². The maximum Gasteiger partial charge on any atom is 0.165 e. The van der Waals surface area contributed by atoms with Crippen molar-refractivity contribution in [3.05, 3.63) is 29.6 Å². The minimum Gasteiger partial charge on any atom is -0.494 e. The van der Waals surface area contributed by atoms with E-state index in [0.717, 1.165) is 5.56 Å². The number of Topliss-reactive ketones (excluding diaryl/α,β-unsaturated/α-hetero) is 1. The molecule has 0 aliphatic rings. The molecule has 0 aliphatic heterocycles. The Morgan fingerprint density at radius 2 is 2.25 bits per heavy atom. The molecule has 1 aromatic carbocycles. The largest absolute Gasteiger partial charge is 0.494 e. The van der Waals surface area contributed by atoms with Gasteiger partial charge in [-0.2, -0.15) is 0 Å². The zero-order chi connectivity index (χ0) is 12.0. The van der Waals surface area contributed by atoms with Gasteiger partial charge in [0.15, 0.2) is 11.6 Å². The van der Waals surface area contributed by atoms with Crippen LogP contribution in [0.25, 0.3) is 0 Å². The van der Waals surface area contributed by atoms with E-state index in [1.807, 2.05) is 0 Å². The Bertz CT molecular complexity index is 366. The van der Waals surface area contributed by atoms with Crippen LogP contribution in [-0.4, -0.2) is 26.5 Å². The van der Waals surface area contributed by atoms with Crippen molar-refractivity contribution in [2.45, 2.75) is 12.8 Å². The predicted molar refractivity (Wildman–Crippen MR) is 60.2 cm³/mol. The number of halogens is 1. The molecule has 88 valence electrons. The van der Waals surface area contributed by atoms with Gasteiger partial charge < -0.3 is 10.1 Å². The molecule has 3 nitrogen and oxygen atoms in total. The van der Waals surface area contributed by atoms with Gasteiger partial charge in [0.25, 0.3) is 0 Å². The van der Waals surface area contributed by atoms with Crippen LogP contribution in [-0.2, 0) is 11.2 Å². The molecule has 0 spiro atoms. The van der Waals surface area contributed by atoms with Crippen molar-refractivity contribution in [2.75, 3.05) is 20.7 Å². The fraction of sp³-hybridized carbons (Fsp3) is 0.417. The van der Waals surface area contributed by atoms with Crippen molar-refractivity contribution in [3.8, 4) is 5.75 Å². The smallest absolute Gasteiger partial charge is 0.165 e. The minimum atomic E-state index is -0.388. The van der Waals surface area contributed by atoms with Crippen LogP contribution < -0.4 is 10.1 Å². The summed E-state index contributed by atoms with van der Waals surface area (Å²) in [5.41, 5.74) is 0.808. The summed E-state index contributed by atoms with van der Waals surface area (Å²) in [4.78, 5) is 11.2. The van der Waals surface area contributed by atoms with Crippen LogP contribution >= 0.6 is 0 Å². The van der Waals surface area contributed by atoms with Crippen LogP contribution in [0, 0.1) is 5.82 Å². The Morgan fingerprint density at radius 3 is 2.81 bits per heavy atom. The summed E-state index contributed by atoms with van der Waals surface area (Å²) in [6.45, 7) is 0.360. The lowest BCUT2D eigenvalue weighted by Crippen LogP contribution is -2.18. The molecule has 0 heterocycles. The highest BCUT2D eigenvalue weighted by atomic mass is 19.1. The molecule has 0 aliphatic carbocycles. The van der Waals surface area contributed by atoms with Gasteiger partial charge in [0, 0.05) is 6.42 Å². The number of likely N-dealkylation sites (N-methyl/N-ethyl adjacent to an activating group) is 1. The number of carbonyl (C=O) groups is 1. The Kier molecular flexibility index (Phi) is 4.92. The fourth-order valence-electron chi connectivity index (χ4n) is 1.43. The second-order valence-corrected chi connectivity index (χ2v) is 3.54. The quantitative estimate of drug-likeness (QED) is 0.798. The molecule has 0 radical (unpaired) electrons. The average Bonchev–Trinajstić information content (AvgIpc) is 2.27. The molecule has 16 heavy (non-hydrogen) atoms. The van der Waals surface area contributed by atoms with Crippen LogP contribution in [0.5, 0.6) is 5.75 Å². The van der Waals surface area contributed by atoms with Crippen LogP contribution in [0.1, 0.15) is 12.0 Å². The first-order chi connectivity index (χ1) is 7.67. The van der Waals surface area contributed by atoms with Crippen molar-refractivity contribution >= 4 is 5.78 Å². The van der Waals surface area contributed by atoms with Gasteiger partial charge in [-0.05, 0) is 31.2 Å². The number of ketones is 1. The number of rotatable bonds is 6. The van der Waals surface area contributed by atoms with E-state index in [1.165, 1.54) is 13.2 Å². The molecular formula is C12H16FNO2. The molecule has 0 amide bonds. The molecule has 0 fully saturated rings. The second-order valence-electron chi connectivity index (χ2n) is 3.54. The maximum absolute atomic E-state index is 13.3. The summed E-state index contributed by atoms with van der Waals surface area (Å²) in [6, 6.07) is 4.76. The standard InChI is InChI=1S/C12H16FNO2/c1-14-8-10(15)5-3-9-4-6-12(16-2)11(13)7-9/h4,6-7,14H,3,5,8H2,1-2H3. The summed E-state index contributed by atoms with van der Waals surface area (Å²) in [5, 5.41) is 2.79. The zero-order valence-corrected chi connectivity index (χ0v) is 9.55. The summed E-state index contributed by atoms with van der Waals surface area (Å²) in [6.07, 6.45) is 0.980. The van der Waals surface area contributed by atoms with E-state index in [1.54, 1.807) is 19.2 Å². The van der Waals surface area contributed by atoms with E-state index in [0.29, 0.717) is 19.4 Å². The topological polar surface area (TPSA) is 38.3 Å². The van der Waals surface area contributed by atoms with E-state index in [-0.39, 0.29) is 17.3 Å². The molecule has 0 atom stereocenters. The number of benzene rings is 1. The van der Waals surface area contributed by atoms with E-state index in [9.17, 15) is 9.18 Å². The third-order valence-electron chi connectivity index (χ3n) is 2.28. The number of ether oxygens (including phenoxy) is 1. The second kappa shape index (κ2) is 6.23. The van der Waals surface area contributed by atoms with Gasteiger partial charge in [0.05, 0.1) is 13.7 Å². The number of carbonyl (C=O) groups excluding carboxylic acids is 1. The Morgan fingerprint density at radius 1 is 1.50 bits per heavy atom. The number of nitrogens with one attached hydrogen (secondary N) is 1. The highest BCUT2D eigenvalue weighted by molar-refractivity contribution is 5.80. The van der Waals surface area contributed by atoms with Gasteiger partial charge in [0.1, 0.15) is 5.78 Å². The van der Waals surface area contributed by atoms with Crippen LogP contribution in [0.3, 0.4) is 0 Å². The number of aryl methyl sites for hydroxylation is 1. The first-order valence-corrected chi connectivity index (χ1v) is 5.16. The normalized spacial score (nSPS) is 10.2. The summed E-state index contributed by atoms with van der Waals surface area (Å²) >= 11 is 0. The lowest BCUT2D eigenvalue weighted by atomic mass is 10.1. The maximum atomic E-state index is 13.3. The van der Waals surface area contributed by atoms with E-state index >= 15 is 0 Å². The highest BCUT2D eigenvalue weighted by Crippen LogP contribution is 2.18. The number of methoxy groups -OCH3 is 1. The molecule has 1 N–H and O–H groups in total. The predicted octanol–water partition coefficient (Wildman–Crippen LogP) is 1.56. The molecule has 1 aromatic rings. The van der Waals surface area contributed by atoms with Crippen LogP contribution in [0.2, 0.25) is 0 Å². The van der Waals surface area contributed by atoms with Gasteiger partial charge in [-0.15, -0.1) is 0 Å². The Balaban J connectivity index is 2.55.